The van der Waals surface area contributed by atoms with Gasteiger partial charge in [-0.1, -0.05) is 24.3 Å². The molecule has 2 heterocycles. The molecule has 19 heavy (non-hydrogen) atoms. The molecule has 1 aliphatic rings. The molecule has 0 bridgehead atoms. The third-order valence-electron chi connectivity index (χ3n) is 3.38. The lowest BCUT2D eigenvalue weighted by Gasteiger charge is -2.34. The summed E-state index contributed by atoms with van der Waals surface area (Å²) in [6.45, 7) is 1.58. The smallest absolute Gasteiger partial charge is 0.0664 e. The second-order valence-corrected chi connectivity index (χ2v) is 5.48. The Balaban J connectivity index is 1.97. The van der Waals surface area contributed by atoms with Crippen LogP contribution in [0.2, 0.25) is 0 Å². The normalized spacial score (nSPS) is 22.5. The van der Waals surface area contributed by atoms with Gasteiger partial charge < -0.3 is 9.87 Å². The fourth-order valence-electron chi connectivity index (χ4n) is 2.46. The quantitative estimate of drug-likeness (QED) is 0.830. The molecule has 1 unspecified atom stereocenters. The maximum absolute atomic E-state index is 11.1. The predicted octanol–water partition coefficient (Wildman–Crippen LogP) is 0.975. The lowest BCUT2D eigenvalue weighted by atomic mass is 10.0. The van der Waals surface area contributed by atoms with Crippen LogP contribution < -0.4 is 5.32 Å². The topological polar surface area (TPSA) is 68.3 Å². The Bertz CT molecular complexity index is 614. The highest BCUT2D eigenvalue weighted by atomic mass is 32.2. The highest BCUT2D eigenvalue weighted by molar-refractivity contribution is 7.76. The summed E-state index contributed by atoms with van der Waals surface area (Å²) in [6, 6.07) is 9.92. The Kier molecular flexibility index (Phi) is 3.56. The maximum atomic E-state index is 11.1. The van der Waals surface area contributed by atoms with Crippen LogP contribution in [-0.2, 0) is 11.3 Å². The number of nitrogens with zero attached hydrogens (tertiary/aromatic N) is 2. The first kappa shape index (κ1) is 12.7. The number of hydrogen-bond acceptors (Lipinski definition) is 4. The average molecular weight is 276 g/mol. The number of aromatic nitrogens is 1. The Morgan fingerprint density at radius 3 is 3.05 bits per heavy atom. The molecule has 5 nitrogen and oxygen atoms in total. The molecule has 2 aromatic rings. The van der Waals surface area contributed by atoms with Gasteiger partial charge in [0.05, 0.1) is 11.7 Å². The van der Waals surface area contributed by atoms with Crippen molar-refractivity contribution in [2.75, 3.05) is 19.6 Å². The zero-order valence-electron chi connectivity index (χ0n) is 10.3. The van der Waals surface area contributed by atoms with E-state index in [-0.39, 0.29) is 6.04 Å². The summed E-state index contributed by atoms with van der Waals surface area (Å²) in [7, 11) is 0. The summed E-state index contributed by atoms with van der Waals surface area (Å²) in [5, 5.41) is 5.53. The van der Waals surface area contributed by atoms with Gasteiger partial charge in [-0.15, -0.1) is 0 Å². The van der Waals surface area contributed by atoms with E-state index in [4.69, 9.17) is 0 Å². The second kappa shape index (κ2) is 5.34. The number of fused-ring (bicyclic) bond motifs is 1. The van der Waals surface area contributed by atoms with Crippen molar-refractivity contribution in [3.8, 4) is 0 Å². The Morgan fingerprint density at radius 2 is 2.21 bits per heavy atom. The van der Waals surface area contributed by atoms with Crippen molar-refractivity contribution >= 4 is 22.0 Å². The van der Waals surface area contributed by atoms with Gasteiger partial charge in [-0.2, -0.15) is 0 Å². The zero-order chi connectivity index (χ0) is 13.2. The van der Waals surface area contributed by atoms with Crippen molar-refractivity contribution in [2.45, 2.75) is 6.04 Å². The van der Waals surface area contributed by atoms with Crippen LogP contribution in [0.15, 0.2) is 36.5 Å². The third kappa shape index (κ3) is 2.52. The van der Waals surface area contributed by atoms with Crippen molar-refractivity contribution < 1.29 is 8.76 Å². The van der Waals surface area contributed by atoms with E-state index < -0.39 is 11.3 Å². The first-order valence-corrected chi connectivity index (χ1v) is 7.20. The molecule has 6 heteroatoms. The van der Waals surface area contributed by atoms with E-state index in [9.17, 15) is 8.76 Å². The molecular formula is C13H14N3O2S-. The van der Waals surface area contributed by atoms with Crippen LogP contribution in [0.1, 0.15) is 11.7 Å². The molecule has 1 saturated heterocycles. The van der Waals surface area contributed by atoms with Crippen LogP contribution in [0.25, 0.3) is 10.8 Å². The van der Waals surface area contributed by atoms with Crippen LogP contribution in [0.4, 0.5) is 0 Å². The summed E-state index contributed by atoms with van der Waals surface area (Å²) in [5.74, 6) is 0. The third-order valence-corrected chi connectivity index (χ3v) is 4.14. The fraction of sp³-hybridized carbons (Fsp3) is 0.308. The minimum Gasteiger partial charge on any atom is -0.760 e. The second-order valence-electron chi connectivity index (χ2n) is 4.53. The van der Waals surface area contributed by atoms with Crippen LogP contribution in [0.3, 0.4) is 0 Å². The molecule has 0 amide bonds. The molecular weight excluding hydrogens is 262 g/mol. The van der Waals surface area contributed by atoms with Gasteiger partial charge >= 0.3 is 0 Å². The van der Waals surface area contributed by atoms with Crippen molar-refractivity contribution in [1.29, 1.82) is 0 Å². The van der Waals surface area contributed by atoms with E-state index in [0.29, 0.717) is 19.6 Å². The number of nitrogens with one attached hydrogen (secondary N) is 1. The van der Waals surface area contributed by atoms with Gasteiger partial charge in [0, 0.05) is 42.5 Å². The van der Waals surface area contributed by atoms with Crippen LogP contribution in [0.5, 0.6) is 0 Å². The highest BCUT2D eigenvalue weighted by Crippen LogP contribution is 2.24. The molecule has 0 spiro atoms. The molecule has 0 aliphatic carbocycles. The van der Waals surface area contributed by atoms with E-state index in [1.54, 1.807) is 6.20 Å². The maximum Gasteiger partial charge on any atom is 0.0664 e. The summed E-state index contributed by atoms with van der Waals surface area (Å²) in [6.07, 6.45) is 1.77. The van der Waals surface area contributed by atoms with Gasteiger partial charge in [0.15, 0.2) is 0 Å². The first-order valence-electron chi connectivity index (χ1n) is 6.17. The summed E-state index contributed by atoms with van der Waals surface area (Å²) in [4.78, 5) is 4.43. The Morgan fingerprint density at radius 1 is 1.37 bits per heavy atom. The van der Waals surface area contributed by atoms with Gasteiger partial charge in [-0.25, -0.2) is 4.31 Å². The van der Waals surface area contributed by atoms with Crippen LogP contribution in [0, 0.1) is 0 Å². The molecule has 3 rings (SSSR count). The number of rotatable bonds is 2. The van der Waals surface area contributed by atoms with Crippen molar-refractivity contribution in [3.05, 3.63) is 42.2 Å². The van der Waals surface area contributed by atoms with Crippen LogP contribution in [-0.4, -0.2) is 37.7 Å². The summed E-state index contributed by atoms with van der Waals surface area (Å²) in [5.41, 5.74) is 0.910. The van der Waals surface area contributed by atoms with Gasteiger partial charge in [-0.05, 0) is 11.5 Å². The first-order chi connectivity index (χ1) is 9.25. The van der Waals surface area contributed by atoms with Gasteiger partial charge in [-0.3, -0.25) is 9.19 Å². The molecule has 1 fully saturated rings. The van der Waals surface area contributed by atoms with E-state index >= 15 is 0 Å². The van der Waals surface area contributed by atoms with E-state index in [1.807, 2.05) is 30.3 Å². The molecule has 1 aliphatic heterocycles. The number of pyridine rings is 1. The summed E-state index contributed by atoms with van der Waals surface area (Å²) >= 11 is -2.16. The van der Waals surface area contributed by atoms with E-state index in [2.05, 4.69) is 10.3 Å². The van der Waals surface area contributed by atoms with E-state index in [1.165, 1.54) is 4.31 Å². The fourth-order valence-corrected chi connectivity index (χ4v) is 2.97. The number of benzene rings is 1. The molecule has 1 aromatic heterocycles. The summed E-state index contributed by atoms with van der Waals surface area (Å²) < 4.78 is 23.6. The SMILES string of the molecule is O=S([O-])N1CCN[C@H](c2nccc3ccccc23)C1. The Hall–Kier alpha value is -1.34. The van der Waals surface area contributed by atoms with Crippen molar-refractivity contribution in [1.82, 2.24) is 14.6 Å². The molecule has 100 valence electrons. The largest absolute Gasteiger partial charge is 0.760 e. The van der Waals surface area contributed by atoms with Gasteiger partial charge in [0.2, 0.25) is 0 Å². The lowest BCUT2D eigenvalue weighted by Crippen LogP contribution is -2.46. The zero-order valence-corrected chi connectivity index (χ0v) is 11.1. The predicted molar refractivity (Wildman–Crippen MR) is 73.0 cm³/mol. The molecule has 0 radical (unpaired) electrons. The van der Waals surface area contributed by atoms with E-state index in [0.717, 1.165) is 16.5 Å². The number of hydrogen-bond donors (Lipinski definition) is 1. The molecule has 1 N–H and O–H groups in total. The van der Waals surface area contributed by atoms with Gasteiger partial charge in [0.1, 0.15) is 0 Å². The monoisotopic (exact) mass is 276 g/mol. The van der Waals surface area contributed by atoms with Crippen LogP contribution >= 0.6 is 0 Å². The standard InChI is InChI=1S/C13H15N3O2S/c17-19(18)16-8-7-14-12(9-16)13-11-4-2-1-3-10(11)5-6-15-13/h1-6,12,14H,7-9H2,(H,17,18)/p-1/t12-/m0/s1. The van der Waals surface area contributed by atoms with Crippen molar-refractivity contribution in [2.24, 2.45) is 0 Å². The Labute approximate surface area is 114 Å². The average Bonchev–Trinajstić information content (AvgIpc) is 2.47. The minimum atomic E-state index is -2.16. The molecule has 2 atom stereocenters. The number of piperazine rings is 1. The lowest BCUT2D eigenvalue weighted by molar-refractivity contribution is 0.291. The molecule has 0 saturated carbocycles. The van der Waals surface area contributed by atoms with Crippen molar-refractivity contribution in [3.63, 3.8) is 0 Å². The van der Waals surface area contributed by atoms with Gasteiger partial charge in [0.25, 0.3) is 0 Å². The molecule has 1 aromatic carbocycles. The highest BCUT2D eigenvalue weighted by Gasteiger charge is 2.23. The minimum absolute atomic E-state index is 0.0576.